The monoisotopic (exact) mass is 480 g/mol. The molecule has 1 heterocycles. The van der Waals surface area contributed by atoms with Gasteiger partial charge in [0.15, 0.2) is 0 Å². The van der Waals surface area contributed by atoms with Gasteiger partial charge in [-0.3, -0.25) is 9.59 Å². The third kappa shape index (κ3) is 5.38. The molecule has 0 spiro atoms. The summed E-state index contributed by atoms with van der Waals surface area (Å²) in [5.41, 5.74) is 8.03. The van der Waals surface area contributed by atoms with E-state index in [2.05, 4.69) is 73.8 Å². The van der Waals surface area contributed by atoms with Gasteiger partial charge >= 0.3 is 0 Å². The van der Waals surface area contributed by atoms with E-state index in [-0.39, 0.29) is 17.9 Å². The van der Waals surface area contributed by atoms with Gasteiger partial charge < -0.3 is 10.2 Å². The molecule has 5 rings (SSSR count). The van der Waals surface area contributed by atoms with Crippen LogP contribution in [0.1, 0.15) is 81.4 Å². The van der Waals surface area contributed by atoms with Gasteiger partial charge in [0, 0.05) is 18.7 Å². The maximum absolute atomic E-state index is 13.2. The van der Waals surface area contributed by atoms with Crippen LogP contribution >= 0.6 is 0 Å². The van der Waals surface area contributed by atoms with Gasteiger partial charge in [-0.15, -0.1) is 0 Å². The second-order valence-corrected chi connectivity index (χ2v) is 10.5. The molecule has 3 aromatic carbocycles. The lowest BCUT2D eigenvalue weighted by Gasteiger charge is -2.32. The highest BCUT2D eigenvalue weighted by Crippen LogP contribution is 2.31. The number of hydrogen-bond acceptors (Lipinski definition) is 2. The van der Waals surface area contributed by atoms with Gasteiger partial charge in [0.1, 0.15) is 0 Å². The van der Waals surface area contributed by atoms with Crippen molar-refractivity contribution in [2.24, 2.45) is 0 Å². The number of hydrogen-bond donors (Lipinski definition) is 1. The predicted molar refractivity (Wildman–Crippen MR) is 144 cm³/mol. The summed E-state index contributed by atoms with van der Waals surface area (Å²) < 4.78 is 0. The zero-order chi connectivity index (χ0) is 25.1. The maximum atomic E-state index is 13.2. The van der Waals surface area contributed by atoms with E-state index in [1.807, 2.05) is 17.0 Å². The zero-order valence-electron chi connectivity index (χ0n) is 21.4. The first kappa shape index (κ1) is 24.3. The van der Waals surface area contributed by atoms with Crippen molar-refractivity contribution in [3.8, 4) is 0 Å². The summed E-state index contributed by atoms with van der Waals surface area (Å²) in [5.74, 6) is 0.584. The van der Waals surface area contributed by atoms with E-state index in [1.165, 1.54) is 27.8 Å². The standard InChI is InChI=1S/C32H36N2O2/c1-22-13-14-23(2)28(19-22)21-31(35)34-17-15-24(16-18-34)26-9-5-10-27(20-26)32(36)33-30-12-6-8-25-7-3-4-11-29(25)30/h3-5,7,9-11,13-14,19-20,24,30H,6,8,12,15-18,21H2,1-2H3,(H,33,36)/t30-/m1/s1. The molecule has 1 aliphatic carbocycles. The molecule has 4 nitrogen and oxygen atoms in total. The van der Waals surface area contributed by atoms with Crippen molar-refractivity contribution >= 4 is 11.8 Å². The zero-order valence-corrected chi connectivity index (χ0v) is 21.4. The molecule has 36 heavy (non-hydrogen) atoms. The SMILES string of the molecule is Cc1ccc(C)c(CC(=O)N2CCC(c3cccc(C(=O)N[C@@H]4CCCc5ccccc54)c3)CC2)c1. The lowest BCUT2D eigenvalue weighted by Crippen LogP contribution is -2.39. The fourth-order valence-corrected chi connectivity index (χ4v) is 5.81. The quantitative estimate of drug-likeness (QED) is 0.483. The van der Waals surface area contributed by atoms with Crippen molar-refractivity contribution in [1.29, 1.82) is 0 Å². The predicted octanol–water partition coefficient (Wildman–Crippen LogP) is 6.06. The Hall–Kier alpha value is -3.40. The minimum Gasteiger partial charge on any atom is -0.345 e. The molecule has 1 saturated heterocycles. The summed E-state index contributed by atoms with van der Waals surface area (Å²) in [5, 5.41) is 3.28. The van der Waals surface area contributed by atoms with Crippen LogP contribution in [-0.4, -0.2) is 29.8 Å². The molecule has 1 fully saturated rings. The summed E-state index contributed by atoms with van der Waals surface area (Å²) in [6, 6.07) is 23.0. The van der Waals surface area contributed by atoms with Gasteiger partial charge in [-0.2, -0.15) is 0 Å². The van der Waals surface area contributed by atoms with Crippen molar-refractivity contribution in [3.05, 3.63) is 106 Å². The number of nitrogens with one attached hydrogen (secondary N) is 1. The Morgan fingerprint density at radius 1 is 0.917 bits per heavy atom. The van der Waals surface area contributed by atoms with E-state index in [0.717, 1.165) is 56.3 Å². The van der Waals surface area contributed by atoms with E-state index in [1.54, 1.807) is 0 Å². The number of nitrogens with zero attached hydrogens (tertiary/aromatic N) is 1. The van der Waals surface area contributed by atoms with E-state index in [0.29, 0.717) is 12.3 Å². The molecule has 0 bridgehead atoms. The minimum atomic E-state index is -0.000286. The molecule has 0 saturated carbocycles. The summed E-state index contributed by atoms with van der Waals surface area (Å²) in [4.78, 5) is 28.1. The van der Waals surface area contributed by atoms with Crippen LogP contribution in [0.4, 0.5) is 0 Å². The van der Waals surface area contributed by atoms with Crippen molar-refractivity contribution in [3.63, 3.8) is 0 Å². The lowest BCUT2D eigenvalue weighted by atomic mass is 9.87. The van der Waals surface area contributed by atoms with Crippen molar-refractivity contribution in [2.45, 2.75) is 64.3 Å². The molecule has 186 valence electrons. The van der Waals surface area contributed by atoms with Crippen molar-refractivity contribution in [1.82, 2.24) is 10.2 Å². The topological polar surface area (TPSA) is 49.4 Å². The highest BCUT2D eigenvalue weighted by molar-refractivity contribution is 5.94. The summed E-state index contributed by atoms with van der Waals surface area (Å²) >= 11 is 0. The second kappa shape index (κ2) is 10.7. The summed E-state index contributed by atoms with van der Waals surface area (Å²) in [6.07, 6.45) is 5.50. The molecule has 3 aromatic rings. The molecule has 2 aliphatic rings. The molecule has 1 atom stereocenters. The van der Waals surface area contributed by atoms with Crippen molar-refractivity contribution in [2.75, 3.05) is 13.1 Å². The van der Waals surface area contributed by atoms with Crippen LogP contribution < -0.4 is 5.32 Å². The van der Waals surface area contributed by atoms with Gasteiger partial charge in [-0.1, -0.05) is 60.2 Å². The number of amides is 2. The molecule has 1 aliphatic heterocycles. The van der Waals surface area contributed by atoms with Gasteiger partial charge in [-0.25, -0.2) is 0 Å². The van der Waals surface area contributed by atoms with E-state index < -0.39 is 0 Å². The van der Waals surface area contributed by atoms with Crippen LogP contribution in [0, 0.1) is 13.8 Å². The average molecular weight is 481 g/mol. The van der Waals surface area contributed by atoms with Gasteiger partial charge in [0.2, 0.25) is 5.91 Å². The normalized spacial score (nSPS) is 17.9. The number of aryl methyl sites for hydroxylation is 3. The van der Waals surface area contributed by atoms with Gasteiger partial charge in [0.25, 0.3) is 5.91 Å². The fraction of sp³-hybridized carbons (Fsp3) is 0.375. The van der Waals surface area contributed by atoms with E-state index in [9.17, 15) is 9.59 Å². The Morgan fingerprint density at radius 3 is 2.56 bits per heavy atom. The number of likely N-dealkylation sites (tertiary alicyclic amines) is 1. The van der Waals surface area contributed by atoms with Gasteiger partial charge in [-0.05, 0) is 91.8 Å². The van der Waals surface area contributed by atoms with Crippen molar-refractivity contribution < 1.29 is 9.59 Å². The number of carbonyl (C=O) groups is 2. The molecule has 0 unspecified atom stereocenters. The van der Waals surface area contributed by atoms with Crippen LogP contribution in [0.15, 0.2) is 66.7 Å². The van der Waals surface area contributed by atoms with Crippen LogP contribution in [-0.2, 0) is 17.6 Å². The lowest BCUT2D eigenvalue weighted by molar-refractivity contribution is -0.131. The average Bonchev–Trinajstić information content (AvgIpc) is 2.91. The molecule has 4 heteroatoms. The Kier molecular flexibility index (Phi) is 7.22. The highest BCUT2D eigenvalue weighted by Gasteiger charge is 2.26. The Labute approximate surface area is 214 Å². The molecule has 0 radical (unpaired) electrons. The number of fused-ring (bicyclic) bond motifs is 1. The summed E-state index contributed by atoms with van der Waals surface area (Å²) in [6.45, 7) is 5.68. The van der Waals surface area contributed by atoms with E-state index >= 15 is 0 Å². The molecule has 2 amide bonds. The first-order valence-corrected chi connectivity index (χ1v) is 13.3. The second-order valence-electron chi connectivity index (χ2n) is 10.5. The molecular formula is C32H36N2O2. The third-order valence-corrected chi connectivity index (χ3v) is 7.99. The Bertz CT molecular complexity index is 1260. The third-order valence-electron chi connectivity index (χ3n) is 7.99. The molecule has 0 aromatic heterocycles. The summed E-state index contributed by atoms with van der Waals surface area (Å²) in [7, 11) is 0. The Balaban J connectivity index is 1.19. The number of carbonyl (C=O) groups excluding carboxylic acids is 2. The highest BCUT2D eigenvalue weighted by atomic mass is 16.2. The Morgan fingerprint density at radius 2 is 1.72 bits per heavy atom. The van der Waals surface area contributed by atoms with Crippen LogP contribution in [0.5, 0.6) is 0 Å². The molecular weight excluding hydrogens is 444 g/mol. The van der Waals surface area contributed by atoms with Gasteiger partial charge in [0.05, 0.1) is 12.5 Å². The number of rotatable bonds is 5. The first-order valence-electron chi connectivity index (χ1n) is 13.3. The van der Waals surface area contributed by atoms with Crippen LogP contribution in [0.2, 0.25) is 0 Å². The fourth-order valence-electron chi connectivity index (χ4n) is 5.81. The molecule has 1 N–H and O–H groups in total. The maximum Gasteiger partial charge on any atom is 0.251 e. The van der Waals surface area contributed by atoms with Crippen LogP contribution in [0.3, 0.4) is 0 Å². The number of piperidine rings is 1. The smallest absolute Gasteiger partial charge is 0.251 e. The van der Waals surface area contributed by atoms with Crippen LogP contribution in [0.25, 0.3) is 0 Å². The van der Waals surface area contributed by atoms with E-state index in [4.69, 9.17) is 0 Å². The largest absolute Gasteiger partial charge is 0.345 e. The number of benzene rings is 3. The minimum absolute atomic E-state index is 0.000286. The first-order chi connectivity index (χ1) is 17.5.